The molecule has 6 nitrogen and oxygen atoms in total. The first-order chi connectivity index (χ1) is 14.2. The second-order valence-electron chi connectivity index (χ2n) is 8.54. The van der Waals surface area contributed by atoms with E-state index in [1.54, 1.807) is 10.9 Å². The van der Waals surface area contributed by atoms with E-state index in [2.05, 4.69) is 36.1 Å². The number of nitrogens with one attached hydrogen (secondary N) is 1. The summed E-state index contributed by atoms with van der Waals surface area (Å²) in [5, 5.41) is 8.67. The summed E-state index contributed by atoms with van der Waals surface area (Å²) in [7, 11) is 0. The Balaban J connectivity index is 1.75. The number of rotatable bonds is 3. The zero-order chi connectivity index (χ0) is 21.5. The highest BCUT2D eigenvalue weighted by Gasteiger charge is 2.22. The molecule has 0 unspecified atom stereocenters. The van der Waals surface area contributed by atoms with E-state index in [4.69, 9.17) is 5.10 Å². The molecule has 6 heteroatoms. The van der Waals surface area contributed by atoms with E-state index in [9.17, 15) is 4.79 Å². The summed E-state index contributed by atoms with van der Waals surface area (Å²) >= 11 is 0. The van der Waals surface area contributed by atoms with Crippen molar-refractivity contribution in [3.63, 3.8) is 0 Å². The van der Waals surface area contributed by atoms with Crippen molar-refractivity contribution in [2.45, 2.75) is 40.0 Å². The van der Waals surface area contributed by atoms with Crippen LogP contribution in [0, 0.1) is 13.8 Å². The molecule has 0 radical (unpaired) electrons. The Bertz CT molecular complexity index is 1240. The number of hydrogen-bond donors (Lipinski definition) is 1. The molecule has 0 atom stereocenters. The summed E-state index contributed by atoms with van der Waals surface area (Å²) in [6.45, 7) is 10.1. The summed E-state index contributed by atoms with van der Waals surface area (Å²) in [4.78, 5) is 22.2. The molecule has 4 aromatic rings. The fourth-order valence-corrected chi connectivity index (χ4v) is 3.30. The van der Waals surface area contributed by atoms with Gasteiger partial charge in [0.15, 0.2) is 5.82 Å². The minimum atomic E-state index is -0.221. The first-order valence-electron chi connectivity index (χ1n) is 9.94. The van der Waals surface area contributed by atoms with E-state index in [-0.39, 0.29) is 11.3 Å². The zero-order valence-electron chi connectivity index (χ0n) is 17.9. The second-order valence-corrected chi connectivity index (χ2v) is 8.54. The molecular weight excluding hydrogens is 374 g/mol. The van der Waals surface area contributed by atoms with Crippen molar-refractivity contribution in [1.82, 2.24) is 19.7 Å². The van der Waals surface area contributed by atoms with Crippen LogP contribution >= 0.6 is 0 Å². The Labute approximate surface area is 176 Å². The van der Waals surface area contributed by atoms with Crippen LogP contribution in [0.1, 0.15) is 48.1 Å². The Hall–Kier alpha value is -3.54. The third kappa shape index (κ3) is 3.81. The molecule has 0 saturated heterocycles. The number of carbonyl (C=O) groups is 1. The fraction of sp³-hybridized carbons (Fsp3) is 0.250. The van der Waals surface area contributed by atoms with Crippen LogP contribution in [-0.2, 0) is 5.41 Å². The van der Waals surface area contributed by atoms with Gasteiger partial charge in [0.25, 0.3) is 5.91 Å². The average Bonchev–Trinajstić information content (AvgIpc) is 3.12. The molecule has 1 aromatic carbocycles. The molecule has 3 aromatic heterocycles. The number of nitrogens with zero attached hydrogens (tertiary/aromatic N) is 4. The van der Waals surface area contributed by atoms with Crippen LogP contribution in [-0.4, -0.2) is 25.7 Å². The van der Waals surface area contributed by atoms with E-state index in [1.807, 2.05) is 62.4 Å². The highest BCUT2D eigenvalue weighted by atomic mass is 16.1. The first-order valence-corrected chi connectivity index (χ1v) is 9.94. The van der Waals surface area contributed by atoms with E-state index < -0.39 is 0 Å². The van der Waals surface area contributed by atoms with Gasteiger partial charge in [0.1, 0.15) is 5.82 Å². The number of anilines is 1. The van der Waals surface area contributed by atoms with E-state index >= 15 is 0 Å². The molecule has 0 saturated carbocycles. The minimum absolute atomic E-state index is 0.169. The molecule has 0 aliphatic heterocycles. The number of aromatic nitrogens is 4. The number of fused-ring (bicyclic) bond motifs is 1. The molecule has 0 fully saturated rings. The van der Waals surface area contributed by atoms with Crippen LogP contribution in [0.2, 0.25) is 0 Å². The molecular formula is C24H25N5O. The third-order valence-electron chi connectivity index (χ3n) is 4.99. The van der Waals surface area contributed by atoms with E-state index in [1.165, 1.54) is 0 Å². The van der Waals surface area contributed by atoms with E-state index in [0.717, 1.165) is 22.2 Å². The third-order valence-corrected chi connectivity index (χ3v) is 4.99. The maximum atomic E-state index is 13.2. The predicted molar refractivity (Wildman–Crippen MR) is 119 cm³/mol. The van der Waals surface area contributed by atoms with Gasteiger partial charge in [-0.05, 0) is 44.2 Å². The topological polar surface area (TPSA) is 72.7 Å². The van der Waals surface area contributed by atoms with Crippen molar-refractivity contribution in [2.75, 3.05) is 5.32 Å². The second kappa shape index (κ2) is 7.37. The minimum Gasteiger partial charge on any atom is -0.306 e. The van der Waals surface area contributed by atoms with Crippen LogP contribution in [0.5, 0.6) is 0 Å². The Kier molecular flexibility index (Phi) is 4.86. The fourth-order valence-electron chi connectivity index (χ4n) is 3.30. The molecule has 0 bridgehead atoms. The number of hydrogen-bond acceptors (Lipinski definition) is 4. The van der Waals surface area contributed by atoms with Crippen molar-refractivity contribution in [1.29, 1.82) is 0 Å². The monoisotopic (exact) mass is 399 g/mol. The lowest BCUT2D eigenvalue weighted by molar-refractivity contribution is 0.102. The van der Waals surface area contributed by atoms with Gasteiger partial charge in [-0.2, -0.15) is 9.78 Å². The van der Waals surface area contributed by atoms with Gasteiger partial charge in [-0.25, -0.2) is 4.98 Å². The highest BCUT2D eigenvalue weighted by molar-refractivity contribution is 6.06. The average molecular weight is 399 g/mol. The Morgan fingerprint density at radius 2 is 1.83 bits per heavy atom. The van der Waals surface area contributed by atoms with Crippen molar-refractivity contribution in [2.24, 2.45) is 0 Å². The summed E-state index contributed by atoms with van der Waals surface area (Å²) in [6, 6.07) is 15.4. The van der Waals surface area contributed by atoms with Crippen LogP contribution in [0.3, 0.4) is 0 Å². The van der Waals surface area contributed by atoms with Gasteiger partial charge >= 0.3 is 0 Å². The molecule has 1 amide bonds. The van der Waals surface area contributed by atoms with Gasteiger partial charge in [-0.3, -0.25) is 9.78 Å². The predicted octanol–water partition coefficient (Wildman–Crippen LogP) is 4.98. The van der Waals surface area contributed by atoms with Crippen LogP contribution in [0.4, 0.5) is 5.82 Å². The first kappa shape index (κ1) is 19.8. The lowest BCUT2D eigenvalue weighted by Crippen LogP contribution is -2.17. The normalized spacial score (nSPS) is 11.6. The number of pyridine rings is 2. The molecule has 30 heavy (non-hydrogen) atoms. The van der Waals surface area contributed by atoms with Crippen molar-refractivity contribution in [3.8, 4) is 5.82 Å². The maximum absolute atomic E-state index is 13.2. The lowest BCUT2D eigenvalue weighted by Gasteiger charge is -2.13. The molecule has 0 aliphatic rings. The molecule has 1 N–H and O–H groups in total. The maximum Gasteiger partial charge on any atom is 0.258 e. The van der Waals surface area contributed by atoms with E-state index in [0.29, 0.717) is 22.9 Å². The van der Waals surface area contributed by atoms with Gasteiger partial charge in [0, 0.05) is 23.1 Å². The largest absolute Gasteiger partial charge is 0.306 e. The van der Waals surface area contributed by atoms with Gasteiger partial charge < -0.3 is 5.32 Å². The Morgan fingerprint density at radius 3 is 2.53 bits per heavy atom. The zero-order valence-corrected chi connectivity index (χ0v) is 17.9. The van der Waals surface area contributed by atoms with Gasteiger partial charge in [0.2, 0.25) is 0 Å². The van der Waals surface area contributed by atoms with Gasteiger partial charge in [-0.15, -0.1) is 0 Å². The van der Waals surface area contributed by atoms with Crippen molar-refractivity contribution < 1.29 is 4.79 Å². The number of benzene rings is 1. The number of aryl methyl sites for hydroxylation is 2. The summed E-state index contributed by atoms with van der Waals surface area (Å²) in [6.07, 6.45) is 1.71. The standard InChI is InChI=1S/C24H25N5O/c1-15-9-10-19-17(12-15)13-18(16(2)26-19)23(30)27-22-14-20(24(3,4)5)28-29(22)21-8-6-7-11-25-21/h6-14H,1-5H3,(H,27,30). The van der Waals surface area contributed by atoms with Crippen LogP contribution in [0.25, 0.3) is 16.7 Å². The molecule has 3 heterocycles. The van der Waals surface area contributed by atoms with Crippen LogP contribution < -0.4 is 5.32 Å². The summed E-state index contributed by atoms with van der Waals surface area (Å²) in [5.74, 6) is 1.00. The number of carbonyl (C=O) groups excluding carboxylic acids is 1. The van der Waals surface area contributed by atoms with Crippen LogP contribution in [0.15, 0.2) is 54.7 Å². The van der Waals surface area contributed by atoms with Gasteiger partial charge in [-0.1, -0.05) is 38.5 Å². The quantitative estimate of drug-likeness (QED) is 0.527. The SMILES string of the molecule is Cc1ccc2nc(C)c(C(=O)Nc3cc(C(C)(C)C)nn3-c3ccccn3)cc2c1. The van der Waals surface area contributed by atoms with Crippen molar-refractivity contribution in [3.05, 3.63) is 77.2 Å². The molecule has 0 aliphatic carbocycles. The molecule has 4 rings (SSSR count). The molecule has 152 valence electrons. The highest BCUT2D eigenvalue weighted by Crippen LogP contribution is 2.26. The smallest absolute Gasteiger partial charge is 0.258 e. The van der Waals surface area contributed by atoms with Gasteiger partial charge in [0.05, 0.1) is 22.5 Å². The Morgan fingerprint density at radius 1 is 1.03 bits per heavy atom. The van der Waals surface area contributed by atoms with Crippen molar-refractivity contribution >= 4 is 22.6 Å². The lowest BCUT2D eigenvalue weighted by atomic mass is 9.92. The summed E-state index contributed by atoms with van der Waals surface area (Å²) < 4.78 is 1.67. The summed E-state index contributed by atoms with van der Waals surface area (Å²) in [5.41, 5.74) is 3.93. The number of amides is 1. The molecule has 0 spiro atoms.